The van der Waals surface area contributed by atoms with Crippen LogP contribution in [-0.4, -0.2) is 37.6 Å². The van der Waals surface area contributed by atoms with Crippen molar-refractivity contribution in [2.75, 3.05) is 25.6 Å². The summed E-state index contributed by atoms with van der Waals surface area (Å²) < 4.78 is 6.16. The van der Waals surface area contributed by atoms with Crippen molar-refractivity contribution >= 4 is 39.1 Å². The van der Waals surface area contributed by atoms with E-state index in [1.807, 2.05) is 67.5 Å². The van der Waals surface area contributed by atoms with E-state index < -0.39 is 5.97 Å². The van der Waals surface area contributed by atoms with Crippen LogP contribution in [0.25, 0.3) is 10.2 Å². The molecule has 3 aromatic rings. The van der Waals surface area contributed by atoms with Gasteiger partial charge in [-0.25, -0.2) is 4.98 Å². The molecule has 0 unspecified atom stereocenters. The van der Waals surface area contributed by atoms with Crippen LogP contribution in [0.2, 0.25) is 0 Å². The van der Waals surface area contributed by atoms with Crippen LogP contribution < -0.4 is 10.2 Å². The molecule has 146 valence electrons. The number of para-hydroxylation sites is 1. The third-order valence-electron chi connectivity index (χ3n) is 4.19. The van der Waals surface area contributed by atoms with Crippen LogP contribution in [0.4, 0.5) is 5.69 Å². The SMILES string of the molecule is CN(C)c1ccc(CNC(=O)COC(=O)CCc2nc3ccccc3s2)cc1. The fraction of sp³-hybridized carbons (Fsp3) is 0.286. The summed E-state index contributed by atoms with van der Waals surface area (Å²) in [5.74, 6) is -0.713. The first-order valence-corrected chi connectivity index (χ1v) is 9.86. The minimum absolute atomic E-state index is 0.207. The summed E-state index contributed by atoms with van der Waals surface area (Å²) in [6, 6.07) is 15.8. The predicted molar refractivity (Wildman–Crippen MR) is 112 cm³/mol. The second-order valence-corrected chi connectivity index (χ2v) is 7.69. The van der Waals surface area contributed by atoms with Gasteiger partial charge in [0.25, 0.3) is 5.91 Å². The summed E-state index contributed by atoms with van der Waals surface area (Å²) in [7, 11) is 3.95. The van der Waals surface area contributed by atoms with Gasteiger partial charge in [0.1, 0.15) is 0 Å². The number of carbonyl (C=O) groups excluding carboxylic acids is 2. The van der Waals surface area contributed by atoms with E-state index in [4.69, 9.17) is 4.74 Å². The third kappa shape index (κ3) is 5.53. The first-order chi connectivity index (χ1) is 13.5. The number of carbonyl (C=O) groups is 2. The number of aryl methyl sites for hydroxylation is 1. The van der Waals surface area contributed by atoms with E-state index in [9.17, 15) is 9.59 Å². The first kappa shape index (κ1) is 19.8. The molecule has 0 aliphatic carbocycles. The molecule has 1 heterocycles. The van der Waals surface area contributed by atoms with Gasteiger partial charge in [0.05, 0.1) is 21.6 Å². The van der Waals surface area contributed by atoms with Gasteiger partial charge in [-0.2, -0.15) is 0 Å². The molecule has 0 spiro atoms. The zero-order chi connectivity index (χ0) is 19.9. The lowest BCUT2D eigenvalue weighted by Crippen LogP contribution is -2.28. The predicted octanol–water partition coefficient (Wildman–Crippen LogP) is 3.15. The topological polar surface area (TPSA) is 71.5 Å². The van der Waals surface area contributed by atoms with Crippen molar-refractivity contribution in [3.05, 3.63) is 59.1 Å². The van der Waals surface area contributed by atoms with Gasteiger partial charge >= 0.3 is 5.97 Å². The number of amides is 1. The maximum Gasteiger partial charge on any atom is 0.306 e. The van der Waals surface area contributed by atoms with Crippen LogP contribution in [0.3, 0.4) is 0 Å². The number of benzene rings is 2. The largest absolute Gasteiger partial charge is 0.456 e. The summed E-state index contributed by atoms with van der Waals surface area (Å²) in [5, 5.41) is 3.65. The van der Waals surface area contributed by atoms with Gasteiger partial charge in [-0.3, -0.25) is 9.59 Å². The Labute approximate surface area is 168 Å². The average molecular weight is 398 g/mol. The number of aromatic nitrogens is 1. The van der Waals surface area contributed by atoms with E-state index in [2.05, 4.69) is 10.3 Å². The fourth-order valence-corrected chi connectivity index (χ4v) is 3.58. The number of thiazole rings is 1. The molecule has 0 fully saturated rings. The summed E-state index contributed by atoms with van der Waals surface area (Å²) in [6.07, 6.45) is 0.719. The smallest absolute Gasteiger partial charge is 0.306 e. The molecule has 0 atom stereocenters. The average Bonchev–Trinajstić information content (AvgIpc) is 3.12. The van der Waals surface area contributed by atoms with E-state index in [0.29, 0.717) is 13.0 Å². The highest BCUT2D eigenvalue weighted by Gasteiger charge is 2.10. The molecule has 3 rings (SSSR count). The summed E-state index contributed by atoms with van der Waals surface area (Å²) in [5.41, 5.74) is 3.02. The van der Waals surface area contributed by atoms with Gasteiger partial charge in [0.2, 0.25) is 0 Å². The van der Waals surface area contributed by atoms with Crippen molar-refractivity contribution in [1.82, 2.24) is 10.3 Å². The number of esters is 1. The number of anilines is 1. The lowest BCUT2D eigenvalue weighted by Gasteiger charge is -2.13. The molecule has 6 nitrogen and oxygen atoms in total. The van der Waals surface area contributed by atoms with E-state index in [0.717, 1.165) is 26.5 Å². The normalized spacial score (nSPS) is 10.6. The van der Waals surface area contributed by atoms with Gasteiger partial charge in [-0.15, -0.1) is 11.3 Å². The van der Waals surface area contributed by atoms with Gasteiger partial charge in [-0.1, -0.05) is 24.3 Å². The van der Waals surface area contributed by atoms with E-state index >= 15 is 0 Å². The van der Waals surface area contributed by atoms with E-state index in [1.165, 1.54) is 0 Å². The molecule has 28 heavy (non-hydrogen) atoms. The number of nitrogens with zero attached hydrogens (tertiary/aromatic N) is 2. The standard InChI is InChI=1S/C21H23N3O3S/c1-24(2)16-9-7-15(8-10-16)13-22-19(25)14-27-21(26)12-11-20-23-17-5-3-4-6-18(17)28-20/h3-10H,11-14H2,1-2H3,(H,22,25). The van der Waals surface area contributed by atoms with Gasteiger partial charge in [-0.05, 0) is 29.8 Å². The Hall–Kier alpha value is -2.93. The molecule has 1 aromatic heterocycles. The van der Waals surface area contributed by atoms with Crippen LogP contribution in [0, 0.1) is 0 Å². The fourth-order valence-electron chi connectivity index (χ4n) is 2.62. The Morgan fingerprint density at radius 2 is 1.86 bits per heavy atom. The first-order valence-electron chi connectivity index (χ1n) is 9.04. The van der Waals surface area contributed by atoms with E-state index in [-0.39, 0.29) is 18.9 Å². The van der Waals surface area contributed by atoms with Crippen molar-refractivity contribution in [2.24, 2.45) is 0 Å². The molecule has 7 heteroatoms. The second kappa shape index (κ2) is 9.32. The molecule has 2 aromatic carbocycles. The zero-order valence-electron chi connectivity index (χ0n) is 16.0. The number of nitrogens with one attached hydrogen (secondary N) is 1. The number of hydrogen-bond acceptors (Lipinski definition) is 6. The second-order valence-electron chi connectivity index (χ2n) is 6.57. The Morgan fingerprint density at radius 3 is 2.57 bits per heavy atom. The zero-order valence-corrected chi connectivity index (χ0v) is 16.8. The Balaban J connectivity index is 1.37. The van der Waals surface area contributed by atoms with Crippen LogP contribution >= 0.6 is 11.3 Å². The van der Waals surface area contributed by atoms with Crippen LogP contribution in [-0.2, 0) is 27.3 Å². The number of ether oxygens (including phenoxy) is 1. The highest BCUT2D eigenvalue weighted by atomic mass is 32.1. The lowest BCUT2D eigenvalue weighted by molar-refractivity contribution is -0.148. The molecule has 0 saturated heterocycles. The maximum absolute atomic E-state index is 11.9. The van der Waals surface area contributed by atoms with Gasteiger partial charge in [0.15, 0.2) is 6.61 Å². The van der Waals surface area contributed by atoms with Crippen molar-refractivity contribution in [3.8, 4) is 0 Å². The van der Waals surface area contributed by atoms with Gasteiger partial charge in [0, 0.05) is 32.7 Å². The van der Waals surface area contributed by atoms with Crippen molar-refractivity contribution in [3.63, 3.8) is 0 Å². The minimum Gasteiger partial charge on any atom is -0.456 e. The molecule has 0 saturated carbocycles. The lowest BCUT2D eigenvalue weighted by atomic mass is 10.2. The summed E-state index contributed by atoms with van der Waals surface area (Å²) in [6.45, 7) is 0.129. The molecular formula is C21H23N3O3S. The monoisotopic (exact) mass is 397 g/mol. The summed E-state index contributed by atoms with van der Waals surface area (Å²) >= 11 is 1.57. The van der Waals surface area contributed by atoms with Gasteiger partial charge < -0.3 is 15.0 Å². The Kier molecular flexibility index (Phi) is 6.60. The van der Waals surface area contributed by atoms with Crippen LogP contribution in [0.5, 0.6) is 0 Å². The van der Waals surface area contributed by atoms with Crippen LogP contribution in [0.15, 0.2) is 48.5 Å². The molecule has 0 aliphatic heterocycles. The molecule has 1 amide bonds. The summed E-state index contributed by atoms with van der Waals surface area (Å²) in [4.78, 5) is 30.3. The molecule has 0 bridgehead atoms. The van der Waals surface area contributed by atoms with Crippen molar-refractivity contribution in [1.29, 1.82) is 0 Å². The molecule has 0 radical (unpaired) electrons. The highest BCUT2D eigenvalue weighted by Crippen LogP contribution is 2.22. The van der Waals surface area contributed by atoms with Crippen LogP contribution in [0.1, 0.15) is 17.0 Å². The minimum atomic E-state index is -0.398. The number of rotatable bonds is 8. The van der Waals surface area contributed by atoms with Crippen molar-refractivity contribution in [2.45, 2.75) is 19.4 Å². The highest BCUT2D eigenvalue weighted by molar-refractivity contribution is 7.18. The Bertz CT molecular complexity index is 918. The molecule has 1 N–H and O–H groups in total. The number of fused-ring (bicyclic) bond motifs is 1. The van der Waals surface area contributed by atoms with Crippen molar-refractivity contribution < 1.29 is 14.3 Å². The molecular weight excluding hydrogens is 374 g/mol. The maximum atomic E-state index is 11.9. The van der Waals surface area contributed by atoms with E-state index in [1.54, 1.807) is 11.3 Å². The Morgan fingerprint density at radius 1 is 1.11 bits per heavy atom. The molecule has 0 aliphatic rings. The quantitative estimate of drug-likeness (QED) is 0.591. The number of hydrogen-bond donors (Lipinski definition) is 1. The third-order valence-corrected chi connectivity index (χ3v) is 5.28.